The molecule has 0 spiro atoms. The molecule has 0 fully saturated rings. The minimum atomic E-state index is -1.42. The summed E-state index contributed by atoms with van der Waals surface area (Å²) in [5.41, 5.74) is 0.208. The second-order valence-corrected chi connectivity index (χ2v) is 4.56. The second-order valence-electron chi connectivity index (χ2n) is 3.61. The third-order valence-corrected chi connectivity index (χ3v) is 3.04. The van der Waals surface area contributed by atoms with E-state index in [1.54, 1.807) is 29.6 Å². The summed E-state index contributed by atoms with van der Waals surface area (Å²) in [6.45, 7) is 0. The smallest absolute Gasteiger partial charge is 0.378 e. The van der Waals surface area contributed by atoms with Gasteiger partial charge in [0.15, 0.2) is 0 Å². The lowest BCUT2D eigenvalue weighted by Crippen LogP contribution is -2.12. The molecular formula is C14H10O6S. The molecule has 0 aliphatic heterocycles. The van der Waals surface area contributed by atoms with Gasteiger partial charge in [-0.15, -0.1) is 11.3 Å². The zero-order chi connectivity index (χ0) is 15.8. The Morgan fingerprint density at radius 2 is 1.33 bits per heavy atom. The number of ketones is 2. The molecule has 1 heterocycles. The second kappa shape index (κ2) is 7.71. The minimum absolute atomic E-state index is 0.208. The number of benzene rings is 1. The van der Waals surface area contributed by atoms with Crippen LogP contribution < -0.4 is 0 Å². The van der Waals surface area contributed by atoms with Crippen LogP contribution in [0.3, 0.4) is 0 Å². The molecule has 1 aromatic heterocycles. The first-order valence-electron chi connectivity index (χ1n) is 5.57. The molecule has 2 aromatic rings. The first-order valence-corrected chi connectivity index (χ1v) is 6.45. The van der Waals surface area contributed by atoms with Gasteiger partial charge in [0.05, 0.1) is 4.88 Å². The fourth-order valence-corrected chi connectivity index (χ4v) is 1.88. The molecule has 108 valence electrons. The summed E-state index contributed by atoms with van der Waals surface area (Å²) in [7, 11) is 0. The van der Waals surface area contributed by atoms with Gasteiger partial charge >= 0.3 is 11.9 Å². The molecule has 0 bridgehead atoms. The number of thiophene rings is 1. The zero-order valence-electron chi connectivity index (χ0n) is 10.6. The van der Waals surface area contributed by atoms with Gasteiger partial charge in [-0.1, -0.05) is 36.4 Å². The molecule has 2 rings (SSSR count). The summed E-state index contributed by atoms with van der Waals surface area (Å²) in [5, 5.41) is 18.2. The van der Waals surface area contributed by atoms with Crippen molar-refractivity contribution in [1.29, 1.82) is 0 Å². The van der Waals surface area contributed by atoms with Crippen LogP contribution in [0.4, 0.5) is 0 Å². The summed E-state index contributed by atoms with van der Waals surface area (Å²) in [6, 6.07) is 11.0. The molecule has 0 saturated heterocycles. The van der Waals surface area contributed by atoms with Crippen LogP contribution in [0.5, 0.6) is 0 Å². The van der Waals surface area contributed by atoms with E-state index in [0.29, 0.717) is 0 Å². The molecule has 7 heteroatoms. The summed E-state index contributed by atoms with van der Waals surface area (Å²) < 4.78 is 0. The molecule has 0 radical (unpaired) electrons. The molecule has 0 unspecified atom stereocenters. The molecule has 0 atom stereocenters. The average Bonchev–Trinajstić information content (AvgIpc) is 3.01. The van der Waals surface area contributed by atoms with Crippen LogP contribution in [-0.2, 0) is 9.59 Å². The predicted octanol–water partition coefficient (Wildman–Crippen LogP) is 1.97. The highest BCUT2D eigenvalue weighted by Crippen LogP contribution is 2.08. The lowest BCUT2D eigenvalue weighted by molar-refractivity contribution is -0.132. The van der Waals surface area contributed by atoms with Crippen molar-refractivity contribution in [2.24, 2.45) is 0 Å². The standard InChI is InChI=1S/C8H6O3.C6H4O3S/c9-7(8(10)11)6-4-2-1-3-5-6;7-5(6(8)9)4-2-1-3-10-4/h1-5H,(H,10,11);1-3H,(H,8,9). The fraction of sp³-hybridized carbons (Fsp3) is 0. The van der Waals surface area contributed by atoms with E-state index >= 15 is 0 Å². The van der Waals surface area contributed by atoms with Crippen molar-refractivity contribution in [3.05, 3.63) is 58.3 Å². The first kappa shape index (κ1) is 16.3. The Morgan fingerprint density at radius 1 is 0.762 bits per heavy atom. The van der Waals surface area contributed by atoms with Crippen LogP contribution in [0.25, 0.3) is 0 Å². The van der Waals surface area contributed by atoms with Crippen LogP contribution in [0, 0.1) is 0 Å². The average molecular weight is 306 g/mol. The Bertz CT molecular complexity index is 645. The maximum absolute atomic E-state index is 10.7. The van der Waals surface area contributed by atoms with E-state index in [1.165, 1.54) is 18.2 Å². The SMILES string of the molecule is O=C(O)C(=O)c1ccccc1.O=C(O)C(=O)c1cccs1. The number of aliphatic carboxylic acids is 2. The van der Waals surface area contributed by atoms with Gasteiger partial charge in [-0.3, -0.25) is 9.59 Å². The van der Waals surface area contributed by atoms with E-state index in [4.69, 9.17) is 10.2 Å². The monoisotopic (exact) mass is 306 g/mol. The maximum Gasteiger partial charge on any atom is 0.378 e. The number of carbonyl (C=O) groups is 4. The van der Waals surface area contributed by atoms with Crippen LogP contribution in [0.2, 0.25) is 0 Å². The van der Waals surface area contributed by atoms with E-state index in [-0.39, 0.29) is 10.4 Å². The third kappa shape index (κ3) is 5.00. The minimum Gasteiger partial charge on any atom is -0.475 e. The molecule has 0 saturated carbocycles. The highest BCUT2D eigenvalue weighted by molar-refractivity contribution is 7.12. The van der Waals surface area contributed by atoms with Crippen molar-refractivity contribution in [1.82, 2.24) is 0 Å². The van der Waals surface area contributed by atoms with Gasteiger partial charge < -0.3 is 10.2 Å². The van der Waals surface area contributed by atoms with Gasteiger partial charge in [-0.05, 0) is 11.4 Å². The fourth-order valence-electron chi connectivity index (χ4n) is 1.23. The molecule has 1 aromatic carbocycles. The first-order chi connectivity index (χ1) is 9.93. The summed E-state index contributed by atoms with van der Waals surface area (Å²) in [4.78, 5) is 41.8. The van der Waals surface area contributed by atoms with E-state index < -0.39 is 23.5 Å². The van der Waals surface area contributed by atoms with Crippen molar-refractivity contribution in [3.8, 4) is 0 Å². The van der Waals surface area contributed by atoms with Gasteiger partial charge in [0.1, 0.15) is 0 Å². The largest absolute Gasteiger partial charge is 0.475 e. The van der Waals surface area contributed by atoms with Gasteiger partial charge in [0.2, 0.25) is 0 Å². The topological polar surface area (TPSA) is 109 Å². The van der Waals surface area contributed by atoms with E-state index in [9.17, 15) is 19.2 Å². The quantitative estimate of drug-likeness (QED) is 0.660. The van der Waals surface area contributed by atoms with Crippen molar-refractivity contribution in [3.63, 3.8) is 0 Å². The third-order valence-electron chi connectivity index (χ3n) is 2.17. The van der Waals surface area contributed by atoms with Crippen LogP contribution in [0.1, 0.15) is 20.0 Å². The van der Waals surface area contributed by atoms with Crippen molar-refractivity contribution < 1.29 is 29.4 Å². The van der Waals surface area contributed by atoms with Crippen LogP contribution in [0.15, 0.2) is 47.8 Å². The number of hydrogen-bond donors (Lipinski definition) is 2. The number of carboxylic acid groups (broad SMARTS) is 2. The number of Topliss-reactive ketones (excluding diaryl/α,β-unsaturated/α-hetero) is 2. The van der Waals surface area contributed by atoms with Gasteiger partial charge in [0.25, 0.3) is 11.6 Å². The highest BCUT2D eigenvalue weighted by Gasteiger charge is 2.14. The molecule has 6 nitrogen and oxygen atoms in total. The normalized spacial score (nSPS) is 9.14. The Balaban J connectivity index is 0.000000211. The van der Waals surface area contributed by atoms with E-state index in [2.05, 4.69) is 0 Å². The van der Waals surface area contributed by atoms with E-state index in [0.717, 1.165) is 11.3 Å². The van der Waals surface area contributed by atoms with Gasteiger partial charge in [-0.2, -0.15) is 0 Å². The summed E-state index contributed by atoms with van der Waals surface area (Å²) in [6.07, 6.45) is 0. The van der Waals surface area contributed by atoms with E-state index in [1.807, 2.05) is 0 Å². The molecule has 0 aliphatic carbocycles. The predicted molar refractivity (Wildman–Crippen MR) is 74.7 cm³/mol. The molecule has 0 amide bonds. The lowest BCUT2D eigenvalue weighted by atomic mass is 10.1. The van der Waals surface area contributed by atoms with Crippen molar-refractivity contribution in [2.45, 2.75) is 0 Å². The summed E-state index contributed by atoms with van der Waals surface area (Å²) >= 11 is 1.13. The Hall–Kier alpha value is -2.80. The van der Waals surface area contributed by atoms with Crippen LogP contribution >= 0.6 is 11.3 Å². The van der Waals surface area contributed by atoms with Crippen LogP contribution in [-0.4, -0.2) is 33.7 Å². The van der Waals surface area contributed by atoms with Gasteiger partial charge in [0, 0.05) is 5.56 Å². The number of rotatable bonds is 4. The Labute approximate surface area is 123 Å². The number of carbonyl (C=O) groups excluding carboxylic acids is 2. The Morgan fingerprint density at radius 3 is 1.76 bits per heavy atom. The molecule has 21 heavy (non-hydrogen) atoms. The number of hydrogen-bond acceptors (Lipinski definition) is 5. The Kier molecular flexibility index (Phi) is 5.97. The van der Waals surface area contributed by atoms with Gasteiger partial charge in [-0.25, -0.2) is 9.59 Å². The molecule has 2 N–H and O–H groups in total. The summed E-state index contributed by atoms with van der Waals surface area (Å²) in [5.74, 6) is -4.53. The zero-order valence-corrected chi connectivity index (χ0v) is 11.4. The molecule has 0 aliphatic rings. The maximum atomic E-state index is 10.7. The highest BCUT2D eigenvalue weighted by atomic mass is 32.1. The number of carboxylic acids is 2. The van der Waals surface area contributed by atoms with Crippen molar-refractivity contribution >= 4 is 34.8 Å². The molecular weight excluding hydrogens is 296 g/mol. The van der Waals surface area contributed by atoms with Crippen molar-refractivity contribution in [2.75, 3.05) is 0 Å². The lowest BCUT2D eigenvalue weighted by Gasteiger charge is -1.91.